The van der Waals surface area contributed by atoms with Crippen molar-refractivity contribution < 1.29 is 208 Å². The van der Waals surface area contributed by atoms with E-state index in [9.17, 15) is 51.4 Å². The van der Waals surface area contributed by atoms with Crippen molar-refractivity contribution in [2.24, 2.45) is 0 Å². The molecule has 2 saturated heterocycles. The van der Waals surface area contributed by atoms with Gasteiger partial charge in [-0.25, -0.2) is 0 Å². The van der Waals surface area contributed by atoms with Crippen LogP contribution in [0.4, 0.5) is 0 Å². The van der Waals surface area contributed by atoms with E-state index < -0.39 is 114 Å². The topological polar surface area (TPSA) is 568 Å². The number of aliphatic hydroxyl groups is 5. The van der Waals surface area contributed by atoms with Gasteiger partial charge in [0.2, 0.25) is 0 Å². The third-order valence-electron chi connectivity index (χ3n) is 4.06. The minimum Gasteiger partial charge on any atom is 1.00 e. The van der Waals surface area contributed by atoms with Gasteiger partial charge in [0, 0.05) is 0 Å². The van der Waals surface area contributed by atoms with Crippen molar-refractivity contribution in [1.82, 2.24) is 0 Å². The minimum absolute atomic E-state index is 0. The number of aliphatic carboxylic acids is 2. The zero-order chi connectivity index (χ0) is 23.7. The van der Waals surface area contributed by atoms with Crippen LogP contribution in [-0.2, 0) is 29.0 Å². The molecule has 0 aromatic heterocycles. The van der Waals surface area contributed by atoms with E-state index in [1.807, 2.05) is 0 Å². The number of carbonyl (C=O) groups is 2. The van der Waals surface area contributed by atoms with Crippen LogP contribution < -0.4 is 104 Å². The van der Waals surface area contributed by atoms with Crippen molar-refractivity contribution in [1.29, 1.82) is 0 Å². The van der Waals surface area contributed by atoms with Gasteiger partial charge in [0.1, 0.15) is 0 Å². The fourth-order valence-electron chi connectivity index (χ4n) is 2.58. The molecule has 0 bridgehead atoms. The maximum Gasteiger partial charge on any atom is 1.00 e. The van der Waals surface area contributed by atoms with E-state index in [4.69, 9.17) is 11.1 Å². The summed E-state index contributed by atoms with van der Waals surface area (Å²) < 4.78 is 48.8. The van der Waals surface area contributed by atoms with Gasteiger partial charge in [0.15, 0.2) is 0 Å². The minimum atomic E-state index is -6.60. The average molecular weight is 908 g/mol. The summed E-state index contributed by atoms with van der Waals surface area (Å²) in [5.41, 5.74) is 0. The summed E-state index contributed by atoms with van der Waals surface area (Å²) >= 11 is -13.2. The Morgan fingerprint density at radius 1 is 0.674 bits per heavy atom. The van der Waals surface area contributed by atoms with Crippen LogP contribution >= 0.6 is 0 Å². The quantitative estimate of drug-likeness (QED) is 0.141. The second kappa shape index (κ2) is 31.6. The summed E-state index contributed by atoms with van der Waals surface area (Å²) in [5.74, 6) is -4.36. The first-order chi connectivity index (χ1) is 14.3. The fourth-order valence-corrected chi connectivity index (χ4v) is 17.6. The van der Waals surface area contributed by atoms with Crippen LogP contribution in [0.25, 0.3) is 0 Å². The molecule has 0 spiro atoms. The summed E-state index contributed by atoms with van der Waals surface area (Å²) in [6, 6.07) is 0. The predicted octanol–water partition coefficient (Wildman–Crippen LogP) is -25.8. The van der Waals surface area contributed by atoms with E-state index in [-0.39, 0.29) is 138 Å². The molecule has 2 aliphatic heterocycles. The van der Waals surface area contributed by atoms with E-state index in [0.717, 1.165) is 0 Å². The Kier molecular flexibility index (Phi) is 55.6. The first-order valence-electron chi connectivity index (χ1n) is 8.25. The maximum atomic E-state index is 12.9. The van der Waals surface area contributed by atoms with Gasteiger partial charge < -0.3 is 49.3 Å². The third-order valence-corrected chi connectivity index (χ3v) is 18.5. The standard InChI is InChI=1S/C6H10O7.C6H9O7.3Na.9H2O.3O.2Sb/c2*7-1-2(8)3(9)4(10)5(11)6(12)13;;;;;;;;;;;;;;;;;/h2-5,7-8,10H,1H2,(H,12,13);2-5,8,10H,1H2,(H,12,13);;;;9*1H2;;;;;/q-2;-3;3*+1;;;;;;;;;;;;;2*+2/p-2/t2*2-,3-,4+,5-;;;;;;;;;;;;;;;;;/m11................./s1. The number of carboxylic acid groups (broad SMARTS) is 2. The number of carboxylic acids is 2. The Labute approximate surface area is 318 Å². The molecule has 2 fully saturated rings. The van der Waals surface area contributed by atoms with Crippen LogP contribution in [-0.4, -0.2) is 189 Å². The van der Waals surface area contributed by atoms with Crippen molar-refractivity contribution in [2.75, 3.05) is 13.2 Å². The Bertz CT molecular complexity index is 732. The SMILES string of the molecule is O.O.O.O.O.O.O.O.O.O=C([O-])[C@@H]1[O][Sb](=[O])([O][Sb]2(=[O])[O][C@H]([C@H](O)CO)[C@H](O)[C@H](C(=O)[O-])[O]2)[O][C@H]([C@H](O)C[O-])[C@@H]1O.[Na+].[Na+].[Na+]. The van der Waals surface area contributed by atoms with Crippen molar-refractivity contribution in [3.05, 3.63) is 0 Å². The van der Waals surface area contributed by atoms with Gasteiger partial charge in [-0.2, -0.15) is 0 Å². The molecule has 26 nitrogen and oxygen atoms in total. The molecule has 2 unspecified atom stereocenters. The van der Waals surface area contributed by atoms with Crippen LogP contribution in [0.1, 0.15) is 0 Å². The zero-order valence-electron chi connectivity index (χ0n) is 22.6. The zero-order valence-corrected chi connectivity index (χ0v) is 33.7. The molecular weight excluding hydrogens is 873 g/mol. The number of carbonyl (C=O) groups excluding carboxylic acids is 2. The number of aliphatic hydroxyl groups excluding tert-OH is 5. The molecule has 23 N–H and O–H groups in total. The summed E-state index contributed by atoms with van der Waals surface area (Å²) in [7, 11) is 0. The van der Waals surface area contributed by atoms with E-state index >= 15 is 0 Å². The summed E-state index contributed by atoms with van der Waals surface area (Å²) in [6.45, 7) is -2.50. The number of hydrogen-bond donors (Lipinski definition) is 5. The number of hydrogen-bond acceptors (Lipinski definition) is 17. The second-order valence-electron chi connectivity index (χ2n) is 6.27. The third kappa shape index (κ3) is 19.2. The molecule has 2 heterocycles. The van der Waals surface area contributed by atoms with Crippen molar-refractivity contribution in [3.63, 3.8) is 0 Å². The normalized spacial score (nSPS) is 31.1. The molecule has 0 aliphatic carbocycles. The molecular formula is C12H35Na3O26Sb2. The molecule has 10 atom stereocenters. The van der Waals surface area contributed by atoms with E-state index in [2.05, 4.69) is 7.32 Å². The van der Waals surface area contributed by atoms with Gasteiger partial charge in [-0.15, -0.1) is 0 Å². The molecule has 31 heteroatoms. The van der Waals surface area contributed by atoms with Gasteiger partial charge in [0.25, 0.3) is 0 Å². The maximum absolute atomic E-state index is 12.9. The van der Waals surface area contributed by atoms with Crippen molar-refractivity contribution >= 4 is 52.0 Å². The van der Waals surface area contributed by atoms with Crippen LogP contribution in [0.3, 0.4) is 0 Å². The summed E-state index contributed by atoms with van der Waals surface area (Å²) in [5, 5.41) is 81.3. The molecule has 43 heavy (non-hydrogen) atoms. The van der Waals surface area contributed by atoms with Crippen LogP contribution in [0.15, 0.2) is 0 Å². The average Bonchev–Trinajstić information content (AvgIpc) is 2.69. The first kappa shape index (κ1) is 75.6. The van der Waals surface area contributed by atoms with Crippen LogP contribution in [0.5, 0.6) is 0 Å². The summed E-state index contributed by atoms with van der Waals surface area (Å²) in [4.78, 5) is 22.3. The monoisotopic (exact) mass is 906 g/mol. The van der Waals surface area contributed by atoms with Crippen molar-refractivity contribution in [2.45, 2.75) is 48.8 Å². The van der Waals surface area contributed by atoms with Gasteiger partial charge in [-0.05, 0) is 0 Å². The molecule has 0 aromatic rings. The number of rotatable bonds is 8. The molecule has 252 valence electrons. The fraction of sp³-hybridized carbons (Fsp3) is 0.833. The Hall–Kier alpha value is 2.38. The van der Waals surface area contributed by atoms with Gasteiger partial charge >= 0.3 is 273 Å². The van der Waals surface area contributed by atoms with Gasteiger partial charge in [0.05, 0.1) is 0 Å². The Morgan fingerprint density at radius 2 is 0.953 bits per heavy atom. The van der Waals surface area contributed by atoms with E-state index in [1.165, 1.54) is 0 Å². The summed E-state index contributed by atoms with van der Waals surface area (Å²) in [6.07, 6.45) is -18.0. The largest absolute Gasteiger partial charge is 1.00 e. The Morgan fingerprint density at radius 3 is 1.19 bits per heavy atom. The smallest absolute Gasteiger partial charge is 1.00 e. The predicted molar refractivity (Wildman–Crippen MR) is 112 cm³/mol. The van der Waals surface area contributed by atoms with Crippen molar-refractivity contribution in [3.8, 4) is 0 Å². The molecule has 2 aliphatic rings. The molecule has 0 aromatic carbocycles. The van der Waals surface area contributed by atoms with E-state index in [1.54, 1.807) is 0 Å². The van der Waals surface area contributed by atoms with Crippen LogP contribution in [0, 0.1) is 0 Å². The van der Waals surface area contributed by atoms with Gasteiger partial charge in [-0.3, -0.25) is 0 Å². The molecule has 0 radical (unpaired) electrons. The second-order valence-corrected chi connectivity index (χ2v) is 17.4. The molecule has 0 saturated carbocycles. The Balaban J connectivity index is -0.0000000948. The van der Waals surface area contributed by atoms with Gasteiger partial charge in [-0.1, -0.05) is 0 Å². The first-order valence-corrected chi connectivity index (χ1v) is 16.6. The van der Waals surface area contributed by atoms with Crippen LogP contribution in [0.2, 0.25) is 0 Å². The molecule has 0 amide bonds. The molecule has 2 rings (SSSR count). The van der Waals surface area contributed by atoms with E-state index in [0.29, 0.717) is 0 Å².